The highest BCUT2D eigenvalue weighted by atomic mass is 32.1. The van der Waals surface area contributed by atoms with Crippen LogP contribution in [-0.4, -0.2) is 17.4 Å². The highest BCUT2D eigenvalue weighted by molar-refractivity contribution is 7.09. The van der Waals surface area contributed by atoms with Gasteiger partial charge in [-0.15, -0.1) is 11.3 Å². The van der Waals surface area contributed by atoms with Gasteiger partial charge in [-0.2, -0.15) is 0 Å². The standard InChI is InChI=1S/C10H17N3OS/c1-7-8(15-6-13-7)4-12-9(14)10(2,3)5-11/h6H,4-5,11H2,1-3H3,(H,12,14). The molecular weight excluding hydrogens is 210 g/mol. The van der Waals surface area contributed by atoms with Gasteiger partial charge in [0.15, 0.2) is 0 Å². The van der Waals surface area contributed by atoms with Crippen LogP contribution in [0.25, 0.3) is 0 Å². The Balaban J connectivity index is 2.52. The topological polar surface area (TPSA) is 68.0 Å². The van der Waals surface area contributed by atoms with Crippen LogP contribution < -0.4 is 11.1 Å². The normalized spacial score (nSPS) is 11.5. The maximum atomic E-state index is 11.7. The molecule has 3 N–H and O–H groups in total. The molecule has 0 saturated carbocycles. The van der Waals surface area contributed by atoms with E-state index in [-0.39, 0.29) is 5.91 Å². The molecule has 0 radical (unpaired) electrons. The summed E-state index contributed by atoms with van der Waals surface area (Å²) in [5.41, 5.74) is 7.77. The van der Waals surface area contributed by atoms with Gasteiger partial charge in [-0.25, -0.2) is 4.98 Å². The summed E-state index contributed by atoms with van der Waals surface area (Å²) >= 11 is 1.55. The maximum absolute atomic E-state index is 11.7. The molecule has 1 aromatic heterocycles. The molecule has 0 saturated heterocycles. The van der Waals surface area contributed by atoms with Crippen molar-refractivity contribution in [1.29, 1.82) is 0 Å². The first-order chi connectivity index (χ1) is 6.97. The van der Waals surface area contributed by atoms with Crippen LogP contribution in [0.3, 0.4) is 0 Å². The van der Waals surface area contributed by atoms with Gasteiger partial charge in [0.25, 0.3) is 0 Å². The Morgan fingerprint density at radius 3 is 2.80 bits per heavy atom. The molecule has 5 heteroatoms. The highest BCUT2D eigenvalue weighted by Crippen LogP contribution is 2.15. The summed E-state index contributed by atoms with van der Waals surface area (Å²) in [6, 6.07) is 0. The van der Waals surface area contributed by atoms with E-state index >= 15 is 0 Å². The fourth-order valence-corrected chi connectivity index (χ4v) is 1.71. The summed E-state index contributed by atoms with van der Waals surface area (Å²) in [5.74, 6) is -0.0159. The first kappa shape index (κ1) is 12.1. The minimum absolute atomic E-state index is 0.0159. The fourth-order valence-electron chi connectivity index (χ4n) is 0.988. The summed E-state index contributed by atoms with van der Waals surface area (Å²) in [4.78, 5) is 16.9. The van der Waals surface area contributed by atoms with Crippen molar-refractivity contribution in [1.82, 2.24) is 10.3 Å². The molecule has 0 unspecified atom stereocenters. The Kier molecular flexibility index (Phi) is 3.82. The summed E-state index contributed by atoms with van der Waals surface area (Å²) in [6.07, 6.45) is 0. The third kappa shape index (κ3) is 3.00. The average molecular weight is 227 g/mol. The number of nitrogens with two attached hydrogens (primary N) is 1. The van der Waals surface area contributed by atoms with Crippen molar-refractivity contribution in [2.75, 3.05) is 6.54 Å². The predicted molar refractivity (Wildman–Crippen MR) is 61.5 cm³/mol. The number of hydrogen-bond donors (Lipinski definition) is 2. The molecule has 0 atom stereocenters. The Morgan fingerprint density at radius 2 is 2.33 bits per heavy atom. The van der Waals surface area contributed by atoms with Gasteiger partial charge >= 0.3 is 0 Å². The van der Waals surface area contributed by atoms with Crippen LogP contribution >= 0.6 is 11.3 Å². The maximum Gasteiger partial charge on any atom is 0.227 e. The molecule has 84 valence electrons. The first-order valence-electron chi connectivity index (χ1n) is 4.84. The summed E-state index contributed by atoms with van der Waals surface area (Å²) in [6.45, 7) is 6.50. The van der Waals surface area contributed by atoms with Crippen LogP contribution in [0.1, 0.15) is 24.4 Å². The van der Waals surface area contributed by atoms with Gasteiger partial charge in [0.05, 0.1) is 23.2 Å². The first-order valence-corrected chi connectivity index (χ1v) is 5.72. The number of thiazole rings is 1. The Morgan fingerprint density at radius 1 is 1.67 bits per heavy atom. The molecule has 1 amide bonds. The molecule has 0 bridgehead atoms. The molecule has 1 heterocycles. The van der Waals surface area contributed by atoms with Crippen LogP contribution in [0, 0.1) is 12.3 Å². The van der Waals surface area contributed by atoms with E-state index in [4.69, 9.17) is 5.73 Å². The molecule has 0 aliphatic carbocycles. The minimum atomic E-state index is -0.501. The van der Waals surface area contributed by atoms with Gasteiger partial charge in [0, 0.05) is 11.4 Å². The second kappa shape index (κ2) is 4.72. The van der Waals surface area contributed by atoms with Crippen molar-refractivity contribution in [2.45, 2.75) is 27.3 Å². The molecule has 4 nitrogen and oxygen atoms in total. The number of nitrogens with zero attached hydrogens (tertiary/aromatic N) is 1. The monoisotopic (exact) mass is 227 g/mol. The number of aryl methyl sites for hydroxylation is 1. The molecule has 15 heavy (non-hydrogen) atoms. The van der Waals surface area contributed by atoms with E-state index in [1.54, 1.807) is 16.8 Å². The van der Waals surface area contributed by atoms with Gasteiger partial charge in [0.1, 0.15) is 0 Å². The Bertz CT molecular complexity index is 346. The lowest BCUT2D eigenvalue weighted by atomic mass is 9.93. The van der Waals surface area contributed by atoms with E-state index < -0.39 is 5.41 Å². The fraction of sp³-hybridized carbons (Fsp3) is 0.600. The van der Waals surface area contributed by atoms with Crippen molar-refractivity contribution >= 4 is 17.2 Å². The molecule has 0 fully saturated rings. The highest BCUT2D eigenvalue weighted by Gasteiger charge is 2.25. The lowest BCUT2D eigenvalue weighted by Gasteiger charge is -2.20. The van der Waals surface area contributed by atoms with E-state index in [1.165, 1.54) is 0 Å². The predicted octanol–water partition coefficient (Wildman–Crippen LogP) is 1.05. The quantitative estimate of drug-likeness (QED) is 0.808. The number of amides is 1. The van der Waals surface area contributed by atoms with Crippen molar-refractivity contribution in [2.24, 2.45) is 11.1 Å². The van der Waals surface area contributed by atoms with Crippen molar-refractivity contribution < 1.29 is 4.79 Å². The van der Waals surface area contributed by atoms with Crippen LogP contribution in [0.15, 0.2) is 5.51 Å². The van der Waals surface area contributed by atoms with Crippen molar-refractivity contribution in [3.8, 4) is 0 Å². The number of carbonyl (C=O) groups is 1. The third-order valence-corrected chi connectivity index (χ3v) is 3.31. The Labute approximate surface area is 93.9 Å². The van der Waals surface area contributed by atoms with Crippen LogP contribution in [0.5, 0.6) is 0 Å². The molecule has 1 aromatic rings. The van der Waals surface area contributed by atoms with Crippen LogP contribution in [0.2, 0.25) is 0 Å². The summed E-state index contributed by atoms with van der Waals surface area (Å²) in [7, 11) is 0. The third-order valence-electron chi connectivity index (χ3n) is 2.38. The molecule has 1 rings (SSSR count). The van der Waals surface area contributed by atoms with Crippen molar-refractivity contribution in [3.05, 3.63) is 16.1 Å². The van der Waals surface area contributed by atoms with Gasteiger partial charge in [-0.05, 0) is 20.8 Å². The second-order valence-corrected chi connectivity index (χ2v) is 5.07. The van der Waals surface area contributed by atoms with E-state index in [9.17, 15) is 4.79 Å². The number of rotatable bonds is 4. The largest absolute Gasteiger partial charge is 0.351 e. The zero-order chi connectivity index (χ0) is 11.5. The number of carbonyl (C=O) groups excluding carboxylic acids is 1. The SMILES string of the molecule is Cc1ncsc1CNC(=O)C(C)(C)CN. The molecular formula is C10H17N3OS. The Hall–Kier alpha value is -0.940. The molecule has 0 aromatic carbocycles. The summed E-state index contributed by atoms with van der Waals surface area (Å²) < 4.78 is 0. The van der Waals surface area contributed by atoms with Crippen LogP contribution in [-0.2, 0) is 11.3 Å². The lowest BCUT2D eigenvalue weighted by molar-refractivity contribution is -0.129. The van der Waals surface area contributed by atoms with Crippen LogP contribution in [0.4, 0.5) is 0 Å². The number of nitrogens with one attached hydrogen (secondary N) is 1. The smallest absolute Gasteiger partial charge is 0.227 e. The summed E-state index contributed by atoms with van der Waals surface area (Å²) in [5, 5.41) is 2.87. The lowest BCUT2D eigenvalue weighted by Crippen LogP contribution is -2.41. The van der Waals surface area contributed by atoms with Gasteiger partial charge < -0.3 is 11.1 Å². The van der Waals surface area contributed by atoms with E-state index in [2.05, 4.69) is 10.3 Å². The van der Waals surface area contributed by atoms with E-state index in [1.807, 2.05) is 20.8 Å². The van der Waals surface area contributed by atoms with Crippen molar-refractivity contribution in [3.63, 3.8) is 0 Å². The zero-order valence-electron chi connectivity index (χ0n) is 9.33. The average Bonchev–Trinajstić information content (AvgIpc) is 2.60. The zero-order valence-corrected chi connectivity index (χ0v) is 10.1. The van der Waals surface area contributed by atoms with Gasteiger partial charge in [-0.1, -0.05) is 0 Å². The van der Waals surface area contributed by atoms with E-state index in [0.717, 1.165) is 10.6 Å². The molecule has 0 aliphatic rings. The minimum Gasteiger partial charge on any atom is -0.351 e. The molecule has 0 aliphatic heterocycles. The second-order valence-electron chi connectivity index (χ2n) is 4.13. The van der Waals surface area contributed by atoms with E-state index in [0.29, 0.717) is 13.1 Å². The number of aromatic nitrogens is 1. The number of hydrogen-bond acceptors (Lipinski definition) is 4. The molecule has 0 spiro atoms. The van der Waals surface area contributed by atoms with Gasteiger partial charge in [0.2, 0.25) is 5.91 Å². The van der Waals surface area contributed by atoms with Gasteiger partial charge in [-0.3, -0.25) is 4.79 Å².